The van der Waals surface area contributed by atoms with Gasteiger partial charge in [0, 0.05) is 27.2 Å². The SMILES string of the molecule is COCCOCCOCCN(CC1CC1C)c1cc(-c2nnc([C@](C)(N)Cc3ccccc3)o2)c(Cl)c(N(C)S(C)(=O)=O)n1. The Bertz CT molecular complexity index is 1470. The highest BCUT2D eigenvalue weighted by Gasteiger charge is 2.35. The molecule has 14 heteroatoms. The molecule has 2 N–H and O–H groups in total. The third kappa shape index (κ3) is 9.11. The molecule has 12 nitrogen and oxygen atoms in total. The van der Waals surface area contributed by atoms with Crippen LogP contribution in [0, 0.1) is 11.8 Å². The number of nitrogens with zero attached hydrogens (tertiary/aromatic N) is 5. The summed E-state index contributed by atoms with van der Waals surface area (Å²) in [6, 6.07) is 11.5. The molecule has 0 aliphatic heterocycles. The fourth-order valence-electron chi connectivity index (χ4n) is 4.72. The van der Waals surface area contributed by atoms with E-state index in [9.17, 15) is 8.42 Å². The Balaban J connectivity index is 1.63. The minimum Gasteiger partial charge on any atom is -0.419 e. The summed E-state index contributed by atoms with van der Waals surface area (Å²) in [6.45, 7) is 7.61. The van der Waals surface area contributed by atoms with Gasteiger partial charge >= 0.3 is 0 Å². The average Bonchev–Trinajstić information content (AvgIpc) is 3.44. The smallest absolute Gasteiger partial charge is 0.249 e. The van der Waals surface area contributed by atoms with Crippen LogP contribution in [0.4, 0.5) is 11.6 Å². The highest BCUT2D eigenvalue weighted by Crippen LogP contribution is 2.41. The Morgan fingerprint density at radius 3 is 2.41 bits per heavy atom. The van der Waals surface area contributed by atoms with Gasteiger partial charge in [-0.25, -0.2) is 13.4 Å². The number of nitrogens with two attached hydrogens (primary N) is 1. The molecule has 3 aromatic rings. The van der Waals surface area contributed by atoms with Crippen molar-refractivity contribution in [2.75, 3.05) is 75.7 Å². The van der Waals surface area contributed by atoms with Crippen molar-refractivity contribution in [1.82, 2.24) is 15.2 Å². The molecule has 1 saturated carbocycles. The fraction of sp³-hybridized carbons (Fsp3) is 0.567. The van der Waals surface area contributed by atoms with Gasteiger partial charge in [-0.15, -0.1) is 10.2 Å². The molecule has 1 fully saturated rings. The summed E-state index contributed by atoms with van der Waals surface area (Å²) < 4.78 is 48.7. The van der Waals surface area contributed by atoms with E-state index >= 15 is 0 Å². The Hall–Kier alpha value is -2.81. The molecule has 2 aromatic heterocycles. The fourth-order valence-corrected chi connectivity index (χ4v) is 5.52. The van der Waals surface area contributed by atoms with E-state index in [0.29, 0.717) is 69.2 Å². The van der Waals surface area contributed by atoms with Gasteiger partial charge in [-0.05, 0) is 43.2 Å². The molecule has 4 rings (SSSR count). The zero-order valence-electron chi connectivity index (χ0n) is 26.0. The van der Waals surface area contributed by atoms with Crippen molar-refractivity contribution in [3.63, 3.8) is 0 Å². The first kappa shape index (κ1) is 34.1. The second-order valence-electron chi connectivity index (χ2n) is 11.5. The minimum absolute atomic E-state index is 0.0579. The predicted molar refractivity (Wildman–Crippen MR) is 170 cm³/mol. The Kier molecular flexibility index (Phi) is 11.6. The molecular weight excluding hydrogens is 608 g/mol. The highest BCUT2D eigenvalue weighted by molar-refractivity contribution is 7.92. The number of pyridine rings is 1. The first-order valence-corrected chi connectivity index (χ1v) is 16.8. The van der Waals surface area contributed by atoms with Crippen molar-refractivity contribution in [2.24, 2.45) is 17.6 Å². The van der Waals surface area contributed by atoms with Crippen molar-refractivity contribution in [1.29, 1.82) is 0 Å². The van der Waals surface area contributed by atoms with E-state index in [1.807, 2.05) is 37.3 Å². The molecule has 0 spiro atoms. The van der Waals surface area contributed by atoms with Gasteiger partial charge in [0.2, 0.25) is 21.8 Å². The highest BCUT2D eigenvalue weighted by atomic mass is 35.5. The molecule has 3 atom stereocenters. The van der Waals surface area contributed by atoms with Crippen LogP contribution in [0.15, 0.2) is 40.8 Å². The summed E-state index contributed by atoms with van der Waals surface area (Å²) in [4.78, 5) is 6.81. The lowest BCUT2D eigenvalue weighted by Gasteiger charge is -2.27. The molecule has 44 heavy (non-hydrogen) atoms. The molecule has 242 valence electrons. The lowest BCUT2D eigenvalue weighted by Crippen LogP contribution is -2.35. The number of aromatic nitrogens is 3. The molecule has 0 amide bonds. The zero-order chi connectivity index (χ0) is 31.9. The summed E-state index contributed by atoms with van der Waals surface area (Å²) in [7, 11) is -0.654. The van der Waals surface area contributed by atoms with E-state index in [4.69, 9.17) is 40.9 Å². The zero-order valence-corrected chi connectivity index (χ0v) is 27.6. The Morgan fingerprint density at radius 1 is 1.11 bits per heavy atom. The van der Waals surface area contributed by atoms with Gasteiger partial charge in [-0.2, -0.15) is 0 Å². The van der Waals surface area contributed by atoms with Crippen molar-refractivity contribution < 1.29 is 27.0 Å². The monoisotopic (exact) mass is 650 g/mol. The van der Waals surface area contributed by atoms with Gasteiger partial charge in [0.1, 0.15) is 5.82 Å². The van der Waals surface area contributed by atoms with Gasteiger partial charge in [0.25, 0.3) is 0 Å². The number of sulfonamides is 1. The predicted octanol–water partition coefficient (Wildman–Crippen LogP) is 3.74. The van der Waals surface area contributed by atoms with E-state index in [1.165, 1.54) is 7.05 Å². The standard InChI is InChI=1S/C30H43ClN6O6S/c1-21-17-23(21)20-37(11-12-41-15-16-42-14-13-40-4)25-18-24(26(31)27(33-25)36(3)44(5,38)39)28-34-35-29(43-28)30(2,32)19-22-9-7-6-8-10-22/h6-10,18,21,23H,11-17,19-20,32H2,1-5H3/t21?,23?,30-/m1/s1. The molecule has 1 aromatic carbocycles. The third-order valence-electron chi connectivity index (χ3n) is 7.64. The van der Waals surface area contributed by atoms with Crippen LogP contribution in [-0.2, 0) is 36.2 Å². The molecule has 1 aliphatic rings. The Morgan fingerprint density at radius 2 is 1.77 bits per heavy atom. The number of hydrogen-bond donors (Lipinski definition) is 1. The van der Waals surface area contributed by atoms with Gasteiger partial charge in [0.15, 0.2) is 5.82 Å². The summed E-state index contributed by atoms with van der Waals surface area (Å²) in [5.74, 6) is 1.99. The van der Waals surface area contributed by atoms with Crippen molar-refractivity contribution in [3.05, 3.63) is 52.9 Å². The van der Waals surface area contributed by atoms with E-state index in [-0.39, 0.29) is 22.6 Å². The first-order chi connectivity index (χ1) is 20.9. The number of anilines is 2. The molecule has 2 heterocycles. The molecule has 0 saturated heterocycles. The summed E-state index contributed by atoms with van der Waals surface area (Å²) in [5, 5.41) is 8.61. The number of halogens is 1. The van der Waals surface area contributed by atoms with Crippen LogP contribution in [0.1, 0.15) is 31.7 Å². The Labute approximate surface area is 264 Å². The maximum atomic E-state index is 12.6. The van der Waals surface area contributed by atoms with Gasteiger partial charge < -0.3 is 29.3 Å². The van der Waals surface area contributed by atoms with Crippen LogP contribution in [0.25, 0.3) is 11.5 Å². The summed E-state index contributed by atoms with van der Waals surface area (Å²) in [6.07, 6.45) is 2.67. The van der Waals surface area contributed by atoms with Gasteiger partial charge in [-0.1, -0.05) is 48.9 Å². The second kappa shape index (κ2) is 15.0. The van der Waals surface area contributed by atoms with Crippen LogP contribution in [0.2, 0.25) is 5.02 Å². The van der Waals surface area contributed by atoms with E-state index in [1.54, 1.807) is 13.2 Å². The quantitative estimate of drug-likeness (QED) is 0.201. The number of rotatable bonds is 18. The maximum absolute atomic E-state index is 12.6. The largest absolute Gasteiger partial charge is 0.419 e. The number of methoxy groups -OCH3 is 1. The normalized spacial score (nSPS) is 17.8. The second-order valence-corrected chi connectivity index (χ2v) is 13.9. The average molecular weight is 651 g/mol. The maximum Gasteiger partial charge on any atom is 0.249 e. The molecule has 2 unspecified atom stereocenters. The van der Waals surface area contributed by atoms with Crippen molar-refractivity contribution in [3.8, 4) is 11.5 Å². The molecule has 0 bridgehead atoms. The lowest BCUT2D eigenvalue weighted by molar-refractivity contribution is 0.0264. The minimum atomic E-state index is -3.69. The molecule has 0 radical (unpaired) electrons. The van der Waals surface area contributed by atoms with E-state index in [2.05, 4.69) is 22.0 Å². The van der Waals surface area contributed by atoms with Crippen LogP contribution in [-0.4, -0.2) is 90.1 Å². The van der Waals surface area contributed by atoms with E-state index < -0.39 is 15.6 Å². The topological polar surface area (TPSA) is 146 Å². The van der Waals surface area contributed by atoms with Crippen LogP contribution >= 0.6 is 11.6 Å². The van der Waals surface area contributed by atoms with Gasteiger partial charge in [-0.3, -0.25) is 4.31 Å². The summed E-state index contributed by atoms with van der Waals surface area (Å²) in [5.41, 5.74) is 7.06. The van der Waals surface area contributed by atoms with Crippen LogP contribution in [0.3, 0.4) is 0 Å². The van der Waals surface area contributed by atoms with Crippen molar-refractivity contribution >= 4 is 33.3 Å². The third-order valence-corrected chi connectivity index (χ3v) is 9.19. The lowest BCUT2D eigenvalue weighted by atomic mass is 9.94. The van der Waals surface area contributed by atoms with Gasteiger partial charge in [0.05, 0.1) is 55.4 Å². The summed E-state index contributed by atoms with van der Waals surface area (Å²) >= 11 is 6.82. The van der Waals surface area contributed by atoms with Crippen LogP contribution < -0.4 is 14.9 Å². The molecular formula is C30H43ClN6O6S. The first-order valence-electron chi connectivity index (χ1n) is 14.6. The van der Waals surface area contributed by atoms with Crippen LogP contribution in [0.5, 0.6) is 0 Å². The number of ether oxygens (including phenoxy) is 3. The molecule has 1 aliphatic carbocycles. The van der Waals surface area contributed by atoms with E-state index in [0.717, 1.165) is 29.1 Å². The number of hydrogen-bond acceptors (Lipinski definition) is 11. The number of benzene rings is 1. The van der Waals surface area contributed by atoms with Crippen molar-refractivity contribution in [2.45, 2.75) is 32.2 Å².